The molecule has 16 heavy (non-hydrogen) atoms. The highest BCUT2D eigenvalue weighted by atomic mass is 79.9. The van der Waals surface area contributed by atoms with Crippen LogP contribution in [0.5, 0.6) is 0 Å². The van der Waals surface area contributed by atoms with Gasteiger partial charge in [-0.1, -0.05) is 6.07 Å². The molecule has 0 saturated heterocycles. The zero-order chi connectivity index (χ0) is 11.7. The number of nitrogens with two attached hydrogens (primary N) is 1. The van der Waals surface area contributed by atoms with E-state index in [9.17, 15) is 4.39 Å². The van der Waals surface area contributed by atoms with E-state index in [2.05, 4.69) is 31.9 Å². The molecule has 0 bridgehead atoms. The van der Waals surface area contributed by atoms with Gasteiger partial charge in [0.1, 0.15) is 5.82 Å². The molecule has 0 aliphatic heterocycles. The van der Waals surface area contributed by atoms with Gasteiger partial charge in [-0.15, -0.1) is 11.3 Å². The Morgan fingerprint density at radius 1 is 1.19 bits per heavy atom. The number of thiophene rings is 1. The Balaban J connectivity index is 2.33. The quantitative estimate of drug-likeness (QED) is 0.836. The van der Waals surface area contributed by atoms with Crippen LogP contribution in [0.1, 0.15) is 16.5 Å². The summed E-state index contributed by atoms with van der Waals surface area (Å²) in [5, 5.41) is 0. The summed E-state index contributed by atoms with van der Waals surface area (Å²) in [4.78, 5) is 1.05. The van der Waals surface area contributed by atoms with Gasteiger partial charge in [0, 0.05) is 4.88 Å². The van der Waals surface area contributed by atoms with Crippen molar-refractivity contribution in [3.05, 3.63) is 54.8 Å². The molecule has 5 heteroatoms. The lowest BCUT2D eigenvalue weighted by atomic mass is 10.1. The maximum absolute atomic E-state index is 13.1. The fourth-order valence-electron chi connectivity index (χ4n) is 1.37. The van der Waals surface area contributed by atoms with Crippen LogP contribution in [-0.4, -0.2) is 0 Å². The third-order valence-corrected chi connectivity index (χ3v) is 4.52. The van der Waals surface area contributed by atoms with Crippen LogP contribution in [0.25, 0.3) is 0 Å². The second-order valence-corrected chi connectivity index (χ2v) is 6.64. The van der Waals surface area contributed by atoms with E-state index in [4.69, 9.17) is 5.73 Å². The van der Waals surface area contributed by atoms with Gasteiger partial charge in [-0.25, -0.2) is 4.39 Å². The average Bonchev–Trinajstić information content (AvgIpc) is 2.68. The zero-order valence-electron chi connectivity index (χ0n) is 8.08. The fraction of sp³-hybridized carbons (Fsp3) is 0.0909. The molecule has 0 fully saturated rings. The molecule has 0 saturated carbocycles. The van der Waals surface area contributed by atoms with Crippen molar-refractivity contribution < 1.29 is 4.39 Å². The zero-order valence-corrected chi connectivity index (χ0v) is 12.1. The number of rotatable bonds is 2. The maximum atomic E-state index is 13.1. The lowest BCUT2D eigenvalue weighted by Crippen LogP contribution is -2.10. The van der Waals surface area contributed by atoms with Crippen molar-refractivity contribution in [3.63, 3.8) is 0 Å². The first kappa shape index (κ1) is 12.2. The van der Waals surface area contributed by atoms with E-state index < -0.39 is 0 Å². The minimum atomic E-state index is -0.275. The first-order valence-electron chi connectivity index (χ1n) is 4.53. The van der Waals surface area contributed by atoms with Gasteiger partial charge in [-0.3, -0.25) is 0 Å². The Morgan fingerprint density at radius 2 is 1.94 bits per heavy atom. The maximum Gasteiger partial charge on any atom is 0.137 e. The summed E-state index contributed by atoms with van der Waals surface area (Å²) in [5.74, 6) is -0.275. The Kier molecular flexibility index (Phi) is 3.79. The van der Waals surface area contributed by atoms with Gasteiger partial charge in [0.15, 0.2) is 0 Å². The van der Waals surface area contributed by atoms with Crippen LogP contribution in [0.2, 0.25) is 0 Å². The van der Waals surface area contributed by atoms with Crippen LogP contribution < -0.4 is 5.73 Å². The van der Waals surface area contributed by atoms with Crippen LogP contribution in [0.4, 0.5) is 4.39 Å². The van der Waals surface area contributed by atoms with Crippen LogP contribution in [0.3, 0.4) is 0 Å². The van der Waals surface area contributed by atoms with Gasteiger partial charge in [0.05, 0.1) is 14.3 Å². The van der Waals surface area contributed by atoms with Gasteiger partial charge in [0.25, 0.3) is 0 Å². The predicted octanol–water partition coefficient (Wildman–Crippen LogP) is 4.46. The van der Waals surface area contributed by atoms with E-state index in [-0.39, 0.29) is 11.9 Å². The molecule has 0 radical (unpaired) electrons. The van der Waals surface area contributed by atoms with Crippen molar-refractivity contribution in [1.82, 2.24) is 0 Å². The Hall–Kier alpha value is -0.230. The largest absolute Gasteiger partial charge is 0.320 e. The first-order chi connectivity index (χ1) is 7.58. The number of hydrogen-bond donors (Lipinski definition) is 1. The van der Waals surface area contributed by atoms with E-state index in [1.807, 2.05) is 12.1 Å². The molecule has 0 aliphatic rings. The molecule has 1 heterocycles. The highest BCUT2D eigenvalue weighted by Crippen LogP contribution is 2.31. The molecule has 2 aromatic rings. The van der Waals surface area contributed by atoms with Crippen LogP contribution in [-0.2, 0) is 0 Å². The van der Waals surface area contributed by atoms with Crippen molar-refractivity contribution in [2.45, 2.75) is 6.04 Å². The standard InChI is InChI=1S/C11H8Br2FNS/c12-7-5-6(1-2-8(7)14)11(15)9-3-4-10(13)16-9/h1-5,11H,15H2. The molecule has 2 N–H and O–H groups in total. The molecule has 1 unspecified atom stereocenters. The molecular formula is C11H8Br2FNS. The van der Waals surface area contributed by atoms with Crippen LogP contribution >= 0.6 is 43.2 Å². The Morgan fingerprint density at radius 3 is 2.50 bits per heavy atom. The summed E-state index contributed by atoms with van der Waals surface area (Å²) in [6.07, 6.45) is 0. The normalized spacial score (nSPS) is 12.8. The van der Waals surface area contributed by atoms with Gasteiger partial charge in [-0.2, -0.15) is 0 Å². The molecule has 2 rings (SSSR count). The fourth-order valence-corrected chi connectivity index (χ4v) is 3.22. The Bertz CT molecular complexity index is 512. The van der Waals surface area contributed by atoms with Crippen LogP contribution in [0, 0.1) is 5.82 Å². The van der Waals surface area contributed by atoms with Gasteiger partial charge in [-0.05, 0) is 61.7 Å². The first-order valence-corrected chi connectivity index (χ1v) is 6.94. The third-order valence-electron chi connectivity index (χ3n) is 2.20. The van der Waals surface area contributed by atoms with Crippen molar-refractivity contribution in [3.8, 4) is 0 Å². The SMILES string of the molecule is NC(c1ccc(F)c(Br)c1)c1ccc(Br)s1. The summed E-state index contributed by atoms with van der Waals surface area (Å²) < 4.78 is 14.6. The van der Waals surface area contributed by atoms with Crippen molar-refractivity contribution in [2.24, 2.45) is 5.73 Å². The lowest BCUT2D eigenvalue weighted by molar-refractivity contribution is 0.619. The van der Waals surface area contributed by atoms with Gasteiger partial charge in [0.2, 0.25) is 0 Å². The second kappa shape index (κ2) is 4.96. The molecule has 84 valence electrons. The minimum absolute atomic E-state index is 0.215. The van der Waals surface area contributed by atoms with Crippen molar-refractivity contribution in [2.75, 3.05) is 0 Å². The number of hydrogen-bond acceptors (Lipinski definition) is 2. The molecule has 0 spiro atoms. The number of benzene rings is 1. The smallest absolute Gasteiger partial charge is 0.137 e. The van der Waals surface area contributed by atoms with E-state index in [0.717, 1.165) is 14.2 Å². The highest BCUT2D eigenvalue weighted by molar-refractivity contribution is 9.11. The van der Waals surface area contributed by atoms with Gasteiger partial charge >= 0.3 is 0 Å². The summed E-state index contributed by atoms with van der Waals surface area (Å²) in [6.45, 7) is 0. The van der Waals surface area contributed by atoms with E-state index in [1.165, 1.54) is 6.07 Å². The van der Waals surface area contributed by atoms with E-state index in [1.54, 1.807) is 23.5 Å². The van der Waals surface area contributed by atoms with Crippen LogP contribution in [0.15, 0.2) is 38.6 Å². The van der Waals surface area contributed by atoms with E-state index >= 15 is 0 Å². The molecule has 1 nitrogen and oxygen atoms in total. The molecule has 1 atom stereocenters. The molecule has 1 aromatic heterocycles. The minimum Gasteiger partial charge on any atom is -0.320 e. The summed E-state index contributed by atoms with van der Waals surface area (Å²) in [5.41, 5.74) is 6.99. The van der Waals surface area contributed by atoms with Crippen molar-refractivity contribution >= 4 is 43.2 Å². The molecule has 0 amide bonds. The van der Waals surface area contributed by atoms with E-state index in [0.29, 0.717) is 4.47 Å². The highest BCUT2D eigenvalue weighted by Gasteiger charge is 2.12. The molecule has 1 aromatic carbocycles. The summed E-state index contributed by atoms with van der Waals surface area (Å²) >= 11 is 8.13. The molecule has 0 aliphatic carbocycles. The topological polar surface area (TPSA) is 26.0 Å². The molecular weight excluding hydrogens is 357 g/mol. The average molecular weight is 365 g/mol. The van der Waals surface area contributed by atoms with Gasteiger partial charge < -0.3 is 5.73 Å². The predicted molar refractivity (Wildman–Crippen MR) is 72.1 cm³/mol. The summed E-state index contributed by atoms with van der Waals surface area (Å²) in [7, 11) is 0. The number of halogens is 3. The monoisotopic (exact) mass is 363 g/mol. The summed E-state index contributed by atoms with van der Waals surface area (Å²) in [6, 6.07) is 8.55. The lowest BCUT2D eigenvalue weighted by Gasteiger charge is -2.10. The third kappa shape index (κ3) is 2.53. The van der Waals surface area contributed by atoms with Crippen molar-refractivity contribution in [1.29, 1.82) is 0 Å². The Labute approximate surface area is 114 Å². The second-order valence-electron chi connectivity index (χ2n) is 3.29.